The van der Waals surface area contributed by atoms with Crippen molar-refractivity contribution in [1.82, 2.24) is 4.57 Å². The van der Waals surface area contributed by atoms with Gasteiger partial charge in [-0.2, -0.15) is 0 Å². The molecular weight excluding hydrogens is 249 g/mol. The Bertz CT molecular complexity index is 606. The van der Waals surface area contributed by atoms with Gasteiger partial charge in [0.25, 0.3) is 0 Å². The van der Waals surface area contributed by atoms with Crippen molar-refractivity contribution in [2.24, 2.45) is 0 Å². The molecule has 19 heavy (non-hydrogen) atoms. The van der Waals surface area contributed by atoms with Gasteiger partial charge in [0.2, 0.25) is 0 Å². The molecule has 1 aromatic heterocycles. The van der Waals surface area contributed by atoms with E-state index in [4.69, 9.17) is 4.74 Å². The fourth-order valence-electron chi connectivity index (χ4n) is 2.16. The SMILES string of the molecule is CCOC(=O)C(O)c1cn(CC)c2c(F)cccc12. The molecular formula is C14H16FNO3. The van der Waals surface area contributed by atoms with Gasteiger partial charge in [0.15, 0.2) is 6.10 Å². The van der Waals surface area contributed by atoms with E-state index >= 15 is 0 Å². The molecule has 0 spiro atoms. The number of carbonyl (C=O) groups excluding carboxylic acids is 1. The first-order valence-electron chi connectivity index (χ1n) is 6.22. The zero-order chi connectivity index (χ0) is 14.0. The number of esters is 1. The maximum atomic E-state index is 13.8. The van der Waals surface area contributed by atoms with Crippen LogP contribution in [-0.4, -0.2) is 22.2 Å². The third kappa shape index (κ3) is 2.33. The van der Waals surface area contributed by atoms with Gasteiger partial charge < -0.3 is 14.4 Å². The molecule has 4 nitrogen and oxygen atoms in total. The van der Waals surface area contributed by atoms with Gasteiger partial charge in [-0.1, -0.05) is 12.1 Å². The molecule has 1 heterocycles. The van der Waals surface area contributed by atoms with Gasteiger partial charge in [-0.15, -0.1) is 0 Å². The fraction of sp³-hybridized carbons (Fsp3) is 0.357. The molecule has 0 amide bonds. The highest BCUT2D eigenvalue weighted by molar-refractivity contribution is 5.89. The smallest absolute Gasteiger partial charge is 0.339 e. The number of aliphatic hydroxyl groups excluding tert-OH is 1. The minimum atomic E-state index is -1.39. The molecule has 0 saturated carbocycles. The summed E-state index contributed by atoms with van der Waals surface area (Å²) in [5.74, 6) is -1.09. The highest BCUT2D eigenvalue weighted by atomic mass is 19.1. The number of aryl methyl sites for hydroxylation is 1. The summed E-state index contributed by atoms with van der Waals surface area (Å²) >= 11 is 0. The lowest BCUT2D eigenvalue weighted by molar-refractivity contribution is -0.153. The van der Waals surface area contributed by atoms with Crippen LogP contribution in [-0.2, 0) is 16.1 Å². The Morgan fingerprint density at radius 1 is 1.47 bits per heavy atom. The summed E-state index contributed by atoms with van der Waals surface area (Å²) in [4.78, 5) is 11.6. The lowest BCUT2D eigenvalue weighted by Crippen LogP contribution is -2.15. The molecule has 0 bridgehead atoms. The molecule has 1 N–H and O–H groups in total. The topological polar surface area (TPSA) is 51.5 Å². The van der Waals surface area contributed by atoms with Gasteiger partial charge in [-0.05, 0) is 19.9 Å². The summed E-state index contributed by atoms with van der Waals surface area (Å²) in [5.41, 5.74) is 0.762. The Kier molecular flexibility index (Phi) is 3.85. The molecule has 1 atom stereocenters. The Morgan fingerprint density at radius 2 is 2.21 bits per heavy atom. The van der Waals surface area contributed by atoms with Crippen LogP contribution in [0, 0.1) is 5.82 Å². The van der Waals surface area contributed by atoms with E-state index in [1.165, 1.54) is 6.07 Å². The maximum Gasteiger partial charge on any atom is 0.339 e. The first kappa shape index (κ1) is 13.5. The van der Waals surface area contributed by atoms with E-state index in [9.17, 15) is 14.3 Å². The van der Waals surface area contributed by atoms with Crippen molar-refractivity contribution in [3.05, 3.63) is 35.8 Å². The number of carbonyl (C=O) groups is 1. The lowest BCUT2D eigenvalue weighted by Gasteiger charge is -2.08. The number of ether oxygens (including phenoxy) is 1. The number of hydrogen-bond acceptors (Lipinski definition) is 3. The monoisotopic (exact) mass is 265 g/mol. The van der Waals surface area contributed by atoms with E-state index < -0.39 is 12.1 Å². The predicted octanol–water partition coefficient (Wildman–Crippen LogP) is 2.40. The molecule has 1 unspecified atom stereocenters. The number of fused-ring (bicyclic) bond motifs is 1. The number of hydrogen-bond donors (Lipinski definition) is 1. The molecule has 0 saturated heterocycles. The van der Waals surface area contributed by atoms with Crippen LogP contribution >= 0.6 is 0 Å². The third-order valence-electron chi connectivity index (χ3n) is 3.03. The van der Waals surface area contributed by atoms with Crippen LogP contribution in [0.4, 0.5) is 4.39 Å². The summed E-state index contributed by atoms with van der Waals surface area (Å²) in [7, 11) is 0. The lowest BCUT2D eigenvalue weighted by atomic mass is 10.1. The van der Waals surface area contributed by atoms with Crippen LogP contribution in [0.15, 0.2) is 24.4 Å². The summed E-state index contributed by atoms with van der Waals surface area (Å²) in [5, 5.41) is 10.5. The van der Waals surface area contributed by atoms with Gasteiger partial charge in [-0.3, -0.25) is 0 Å². The van der Waals surface area contributed by atoms with Gasteiger partial charge in [0.1, 0.15) is 5.82 Å². The van der Waals surface area contributed by atoms with Crippen LogP contribution in [0.25, 0.3) is 10.9 Å². The number of nitrogens with zero attached hydrogens (tertiary/aromatic N) is 1. The number of aromatic nitrogens is 1. The van der Waals surface area contributed by atoms with Crippen LogP contribution in [0.3, 0.4) is 0 Å². The van der Waals surface area contributed by atoms with Crippen molar-refractivity contribution in [1.29, 1.82) is 0 Å². The van der Waals surface area contributed by atoms with Crippen molar-refractivity contribution in [2.45, 2.75) is 26.5 Å². The second kappa shape index (κ2) is 5.40. The largest absolute Gasteiger partial charge is 0.464 e. The fourth-order valence-corrected chi connectivity index (χ4v) is 2.16. The summed E-state index contributed by atoms with van der Waals surface area (Å²) in [6.45, 7) is 4.27. The second-order valence-electron chi connectivity index (χ2n) is 4.16. The first-order chi connectivity index (χ1) is 9.10. The molecule has 0 radical (unpaired) electrons. The average Bonchev–Trinajstić information content (AvgIpc) is 2.78. The van der Waals surface area contributed by atoms with Crippen LogP contribution in [0.5, 0.6) is 0 Å². The van der Waals surface area contributed by atoms with Crippen molar-refractivity contribution < 1.29 is 19.0 Å². The van der Waals surface area contributed by atoms with Crippen molar-refractivity contribution in [2.75, 3.05) is 6.61 Å². The normalized spacial score (nSPS) is 12.6. The number of aliphatic hydroxyl groups is 1. The Hall–Kier alpha value is -1.88. The van der Waals surface area contributed by atoms with E-state index in [2.05, 4.69) is 0 Å². The first-order valence-corrected chi connectivity index (χ1v) is 6.22. The minimum absolute atomic E-state index is 0.191. The molecule has 2 aromatic rings. The van der Waals surface area contributed by atoms with E-state index in [0.717, 1.165) is 0 Å². The molecule has 5 heteroatoms. The highest BCUT2D eigenvalue weighted by Gasteiger charge is 2.24. The van der Waals surface area contributed by atoms with E-state index in [-0.39, 0.29) is 12.4 Å². The molecule has 2 rings (SSSR count). The van der Waals surface area contributed by atoms with Gasteiger partial charge in [0.05, 0.1) is 12.1 Å². The zero-order valence-electron chi connectivity index (χ0n) is 10.9. The minimum Gasteiger partial charge on any atom is -0.464 e. The predicted molar refractivity (Wildman–Crippen MR) is 69.2 cm³/mol. The quantitative estimate of drug-likeness (QED) is 0.864. The Morgan fingerprint density at radius 3 is 2.84 bits per heavy atom. The second-order valence-corrected chi connectivity index (χ2v) is 4.16. The van der Waals surface area contributed by atoms with E-state index in [0.29, 0.717) is 23.0 Å². The summed E-state index contributed by atoms with van der Waals surface area (Å²) < 4.78 is 20.3. The van der Waals surface area contributed by atoms with E-state index in [1.807, 2.05) is 6.92 Å². The zero-order valence-corrected chi connectivity index (χ0v) is 10.9. The average molecular weight is 265 g/mol. The number of rotatable bonds is 4. The number of para-hydroxylation sites is 1. The number of benzene rings is 1. The molecule has 0 aliphatic heterocycles. The summed E-state index contributed by atoms with van der Waals surface area (Å²) in [6, 6.07) is 4.59. The van der Waals surface area contributed by atoms with Crippen LogP contribution in [0.1, 0.15) is 25.5 Å². The molecule has 1 aromatic carbocycles. The maximum absolute atomic E-state index is 13.8. The van der Waals surface area contributed by atoms with Gasteiger partial charge >= 0.3 is 5.97 Å². The third-order valence-corrected chi connectivity index (χ3v) is 3.03. The Labute approximate surface area is 110 Å². The number of halogens is 1. The molecule has 0 fully saturated rings. The molecule has 102 valence electrons. The summed E-state index contributed by atoms with van der Waals surface area (Å²) in [6.07, 6.45) is 0.201. The van der Waals surface area contributed by atoms with Crippen molar-refractivity contribution in [3.8, 4) is 0 Å². The molecule has 0 aliphatic rings. The Balaban J connectivity index is 2.55. The highest BCUT2D eigenvalue weighted by Crippen LogP contribution is 2.29. The van der Waals surface area contributed by atoms with Gasteiger partial charge in [-0.25, -0.2) is 9.18 Å². The van der Waals surface area contributed by atoms with Crippen molar-refractivity contribution in [3.63, 3.8) is 0 Å². The van der Waals surface area contributed by atoms with Gasteiger partial charge in [0, 0.05) is 23.7 Å². The van der Waals surface area contributed by atoms with Crippen molar-refractivity contribution >= 4 is 16.9 Å². The van der Waals surface area contributed by atoms with Crippen LogP contribution in [0.2, 0.25) is 0 Å². The van der Waals surface area contributed by atoms with Crippen LogP contribution < -0.4 is 0 Å². The molecule has 0 aliphatic carbocycles. The van der Waals surface area contributed by atoms with E-state index in [1.54, 1.807) is 29.8 Å². The standard InChI is InChI=1S/C14H16FNO3/c1-3-16-8-10(13(17)14(18)19-4-2)9-6-5-7-11(15)12(9)16/h5-8,13,17H,3-4H2,1-2H3.